The fourth-order valence-corrected chi connectivity index (χ4v) is 4.52. The molecule has 0 unspecified atom stereocenters. The number of H-pyrrole nitrogens is 1. The van der Waals surface area contributed by atoms with E-state index in [2.05, 4.69) is 20.5 Å². The van der Waals surface area contributed by atoms with Gasteiger partial charge in [0.2, 0.25) is 0 Å². The average molecular weight is 464 g/mol. The molecule has 0 saturated heterocycles. The highest BCUT2D eigenvalue weighted by atomic mass is 32.2. The van der Waals surface area contributed by atoms with Crippen LogP contribution >= 0.6 is 11.8 Å². The van der Waals surface area contributed by atoms with Gasteiger partial charge in [0, 0.05) is 32.7 Å². The van der Waals surface area contributed by atoms with Crippen LogP contribution in [0.3, 0.4) is 0 Å². The molecule has 3 aromatic carbocycles. The number of carbonyl (C=O) groups excluding carboxylic acids is 1. The Hall–Kier alpha value is -4.36. The lowest BCUT2D eigenvalue weighted by molar-refractivity contribution is 0.102. The number of hydrogen-bond donors (Lipinski definition) is 3. The first-order valence-corrected chi connectivity index (χ1v) is 11.5. The van der Waals surface area contributed by atoms with E-state index in [-0.39, 0.29) is 5.91 Å². The molecule has 0 saturated carbocycles. The Labute approximate surface area is 200 Å². The molecule has 0 bridgehead atoms. The number of nitrogens with two attached hydrogens (primary N) is 1. The number of nitrogen functional groups attached to an aromatic ring is 1. The van der Waals surface area contributed by atoms with E-state index < -0.39 is 0 Å². The van der Waals surface area contributed by atoms with Gasteiger partial charge in [-0.2, -0.15) is 5.10 Å². The maximum atomic E-state index is 12.9. The predicted molar refractivity (Wildman–Crippen MR) is 139 cm³/mol. The lowest BCUT2D eigenvalue weighted by Crippen LogP contribution is -2.13. The second-order valence-corrected chi connectivity index (χ2v) is 8.70. The van der Waals surface area contributed by atoms with Gasteiger partial charge in [-0.3, -0.25) is 14.9 Å². The Balaban J connectivity index is 1.36. The van der Waals surface area contributed by atoms with Gasteiger partial charge in [-0.05, 0) is 72.8 Å². The summed E-state index contributed by atoms with van der Waals surface area (Å²) in [7, 11) is 0. The number of anilines is 2. The van der Waals surface area contributed by atoms with Crippen LogP contribution in [0.25, 0.3) is 23.1 Å². The minimum absolute atomic E-state index is 0.182. The van der Waals surface area contributed by atoms with E-state index in [4.69, 9.17) is 5.73 Å². The molecule has 4 N–H and O–H groups in total. The predicted octanol–water partition coefficient (Wildman–Crippen LogP) is 6.11. The lowest BCUT2D eigenvalue weighted by Gasteiger charge is -2.10. The van der Waals surface area contributed by atoms with Gasteiger partial charge in [0.25, 0.3) is 5.91 Å². The molecule has 5 rings (SSSR count). The number of amides is 1. The summed E-state index contributed by atoms with van der Waals surface area (Å²) < 4.78 is 0. The van der Waals surface area contributed by atoms with Crippen molar-refractivity contribution in [3.63, 3.8) is 0 Å². The lowest BCUT2D eigenvalue weighted by atomic mass is 10.2. The summed E-state index contributed by atoms with van der Waals surface area (Å²) in [5.74, 6) is -0.182. The molecular weight excluding hydrogens is 442 g/mol. The van der Waals surface area contributed by atoms with Crippen molar-refractivity contribution < 1.29 is 4.79 Å². The largest absolute Gasteiger partial charge is 0.399 e. The molecule has 0 aliphatic rings. The number of benzene rings is 3. The minimum Gasteiger partial charge on any atom is -0.399 e. The molecule has 2 aromatic heterocycles. The molecule has 6 nitrogen and oxygen atoms in total. The normalized spacial score (nSPS) is 11.2. The van der Waals surface area contributed by atoms with Crippen molar-refractivity contribution in [3.05, 3.63) is 108 Å². The molecule has 0 radical (unpaired) electrons. The Kier molecular flexibility index (Phi) is 6.09. The van der Waals surface area contributed by atoms with Crippen LogP contribution in [0, 0.1) is 0 Å². The van der Waals surface area contributed by atoms with Gasteiger partial charge in [0.1, 0.15) is 0 Å². The summed E-state index contributed by atoms with van der Waals surface area (Å²) in [4.78, 5) is 19.1. The molecule has 0 aliphatic heterocycles. The number of nitrogens with zero attached hydrogens (tertiary/aromatic N) is 2. The number of carbonyl (C=O) groups is 1. The van der Waals surface area contributed by atoms with Crippen molar-refractivity contribution in [2.45, 2.75) is 9.79 Å². The second-order valence-electron chi connectivity index (χ2n) is 7.58. The highest BCUT2D eigenvalue weighted by Crippen LogP contribution is 2.33. The second kappa shape index (κ2) is 9.64. The third-order valence-corrected chi connectivity index (χ3v) is 6.23. The smallest absolute Gasteiger partial charge is 0.256 e. The Morgan fingerprint density at radius 1 is 0.941 bits per heavy atom. The van der Waals surface area contributed by atoms with Gasteiger partial charge in [0.15, 0.2) is 0 Å². The molecule has 0 atom stereocenters. The summed E-state index contributed by atoms with van der Waals surface area (Å²) in [5, 5.41) is 11.5. The number of rotatable bonds is 6. The van der Waals surface area contributed by atoms with E-state index in [1.165, 1.54) is 11.8 Å². The van der Waals surface area contributed by atoms with Crippen LogP contribution in [0.2, 0.25) is 0 Å². The molecule has 0 fully saturated rings. The number of aromatic nitrogens is 3. The number of pyridine rings is 1. The van der Waals surface area contributed by atoms with E-state index in [9.17, 15) is 4.79 Å². The first-order valence-electron chi connectivity index (χ1n) is 10.7. The third-order valence-electron chi connectivity index (χ3n) is 5.17. The summed E-state index contributed by atoms with van der Waals surface area (Å²) in [6.07, 6.45) is 5.65. The average Bonchev–Trinajstić information content (AvgIpc) is 3.26. The van der Waals surface area contributed by atoms with E-state index in [0.29, 0.717) is 16.9 Å². The van der Waals surface area contributed by atoms with Crippen LogP contribution in [0.5, 0.6) is 0 Å². The minimum atomic E-state index is -0.182. The van der Waals surface area contributed by atoms with Crippen molar-refractivity contribution in [1.29, 1.82) is 0 Å². The molecule has 7 heteroatoms. The Morgan fingerprint density at radius 2 is 1.82 bits per heavy atom. The van der Waals surface area contributed by atoms with Crippen molar-refractivity contribution in [2.24, 2.45) is 0 Å². The molecule has 1 amide bonds. The fraction of sp³-hybridized carbons (Fsp3) is 0. The van der Waals surface area contributed by atoms with E-state index in [0.717, 1.165) is 32.1 Å². The van der Waals surface area contributed by atoms with Crippen LogP contribution in [0.15, 0.2) is 101 Å². The Morgan fingerprint density at radius 3 is 2.68 bits per heavy atom. The van der Waals surface area contributed by atoms with Crippen LogP contribution in [-0.4, -0.2) is 21.1 Å². The van der Waals surface area contributed by atoms with Gasteiger partial charge in [0.05, 0.1) is 22.5 Å². The third kappa shape index (κ3) is 4.84. The van der Waals surface area contributed by atoms with E-state index in [1.54, 1.807) is 18.3 Å². The number of hydrogen-bond acceptors (Lipinski definition) is 5. The number of nitrogens with one attached hydrogen (secondary N) is 2. The molecule has 0 aliphatic carbocycles. The Bertz CT molecular complexity index is 1490. The highest BCUT2D eigenvalue weighted by molar-refractivity contribution is 7.99. The van der Waals surface area contributed by atoms with Gasteiger partial charge in [-0.15, -0.1) is 0 Å². The molecule has 34 heavy (non-hydrogen) atoms. The summed E-state index contributed by atoms with van der Waals surface area (Å²) in [6, 6.07) is 26.6. The first kappa shape index (κ1) is 21.5. The maximum absolute atomic E-state index is 12.9. The maximum Gasteiger partial charge on any atom is 0.256 e. The fourth-order valence-electron chi connectivity index (χ4n) is 3.53. The van der Waals surface area contributed by atoms with Crippen LogP contribution in [-0.2, 0) is 0 Å². The van der Waals surface area contributed by atoms with Crippen molar-refractivity contribution in [2.75, 3.05) is 11.1 Å². The zero-order valence-corrected chi connectivity index (χ0v) is 18.9. The SMILES string of the molecule is Nc1cccc(NC(=O)c2ccccc2Sc2ccc3c(C=Cc4ccccn4)n[nH]c3c2)c1. The molecule has 5 aromatic rings. The molecule has 2 heterocycles. The highest BCUT2D eigenvalue weighted by Gasteiger charge is 2.13. The van der Waals surface area contributed by atoms with Crippen LogP contribution in [0.1, 0.15) is 21.7 Å². The monoisotopic (exact) mass is 463 g/mol. The summed E-state index contributed by atoms with van der Waals surface area (Å²) in [6.45, 7) is 0. The number of fused-ring (bicyclic) bond motifs is 1. The topological polar surface area (TPSA) is 96.7 Å². The zero-order chi connectivity index (χ0) is 23.3. The first-order chi connectivity index (χ1) is 16.7. The van der Waals surface area contributed by atoms with Crippen LogP contribution in [0.4, 0.5) is 11.4 Å². The zero-order valence-electron chi connectivity index (χ0n) is 18.1. The van der Waals surface area contributed by atoms with Gasteiger partial charge in [-0.1, -0.05) is 36.0 Å². The molecular formula is C27H21N5OS. The van der Waals surface area contributed by atoms with Crippen molar-refractivity contribution in [3.8, 4) is 0 Å². The van der Waals surface area contributed by atoms with Gasteiger partial charge < -0.3 is 11.1 Å². The van der Waals surface area contributed by atoms with E-state index in [1.807, 2.05) is 84.9 Å². The quantitative estimate of drug-likeness (QED) is 0.264. The molecule has 0 spiro atoms. The van der Waals surface area contributed by atoms with Crippen molar-refractivity contribution in [1.82, 2.24) is 15.2 Å². The standard InChI is InChI=1S/C27H21N5OS/c28-18-6-5-8-20(16-18)30-27(33)23-9-1-2-10-26(23)34-21-12-13-22-24(31-32-25(22)17-21)14-11-19-7-3-4-15-29-19/h1-17H,28H2,(H,30,33)(H,31,32). The molecule has 166 valence electrons. The van der Waals surface area contributed by atoms with Crippen molar-refractivity contribution >= 4 is 52.1 Å². The van der Waals surface area contributed by atoms with E-state index >= 15 is 0 Å². The summed E-state index contributed by atoms with van der Waals surface area (Å²) in [5.41, 5.74) is 10.3. The number of aromatic amines is 1. The van der Waals surface area contributed by atoms with Gasteiger partial charge >= 0.3 is 0 Å². The summed E-state index contributed by atoms with van der Waals surface area (Å²) >= 11 is 1.53. The van der Waals surface area contributed by atoms with Crippen LogP contribution < -0.4 is 11.1 Å². The van der Waals surface area contributed by atoms with Gasteiger partial charge in [-0.25, -0.2) is 0 Å².